The Morgan fingerprint density at radius 3 is 1.29 bits per heavy atom. The Kier molecular flexibility index (Phi) is 33.1. The highest BCUT2D eigenvalue weighted by molar-refractivity contribution is 5.69. The summed E-state index contributed by atoms with van der Waals surface area (Å²) in [6.07, 6.45) is 40.8. The third-order valence-corrected chi connectivity index (χ3v) is 8.49. The van der Waals surface area contributed by atoms with Crippen molar-refractivity contribution in [2.24, 2.45) is 0 Å². The molecular weight excluding hydrogens is 520 g/mol. The lowest BCUT2D eigenvalue weighted by Gasteiger charge is -2.18. The molecule has 0 aromatic carbocycles. The van der Waals surface area contributed by atoms with Gasteiger partial charge in [0.15, 0.2) is 0 Å². The SMILES string of the molecule is CCCCCCCCC/C=C\CCCCCCCC(=O)OC(CCCCCCCCCC)CCCCCCCC(=O)O. The summed E-state index contributed by atoms with van der Waals surface area (Å²) >= 11 is 0. The van der Waals surface area contributed by atoms with Crippen molar-refractivity contribution in [3.63, 3.8) is 0 Å². The zero-order valence-electron chi connectivity index (χ0n) is 28.3. The van der Waals surface area contributed by atoms with Crippen molar-refractivity contribution in [2.75, 3.05) is 0 Å². The van der Waals surface area contributed by atoms with Crippen molar-refractivity contribution in [3.05, 3.63) is 12.2 Å². The molecule has 0 saturated carbocycles. The maximum atomic E-state index is 12.6. The predicted molar refractivity (Wildman–Crippen MR) is 181 cm³/mol. The number of allylic oxidation sites excluding steroid dienone is 2. The molecule has 0 spiro atoms. The number of carbonyl (C=O) groups is 2. The standard InChI is InChI=1S/C38H72O4/c1-3-5-7-9-11-13-14-15-16-17-18-19-20-22-27-31-35-38(41)42-36(32-28-24-21-12-10-8-6-4-2)33-29-25-23-26-30-34-37(39)40/h16-17,36H,3-15,18-35H2,1-2H3,(H,39,40)/b17-16-. The molecule has 0 bridgehead atoms. The van der Waals surface area contributed by atoms with E-state index in [1.54, 1.807) is 0 Å². The number of aliphatic carboxylic acids is 1. The monoisotopic (exact) mass is 593 g/mol. The Morgan fingerprint density at radius 1 is 0.500 bits per heavy atom. The van der Waals surface area contributed by atoms with E-state index in [1.165, 1.54) is 122 Å². The highest BCUT2D eigenvalue weighted by Crippen LogP contribution is 2.19. The highest BCUT2D eigenvalue weighted by Gasteiger charge is 2.14. The molecule has 1 unspecified atom stereocenters. The Balaban J connectivity index is 3.95. The minimum Gasteiger partial charge on any atom is -0.481 e. The van der Waals surface area contributed by atoms with Crippen molar-refractivity contribution >= 4 is 11.9 Å². The van der Waals surface area contributed by atoms with Crippen molar-refractivity contribution in [2.45, 2.75) is 219 Å². The first-order chi connectivity index (χ1) is 20.6. The highest BCUT2D eigenvalue weighted by atomic mass is 16.5. The van der Waals surface area contributed by atoms with Gasteiger partial charge in [0, 0.05) is 12.8 Å². The Hall–Kier alpha value is -1.32. The normalized spacial score (nSPS) is 12.2. The first kappa shape index (κ1) is 40.7. The van der Waals surface area contributed by atoms with Crippen LogP contribution in [0.1, 0.15) is 213 Å². The number of esters is 1. The lowest BCUT2D eigenvalue weighted by molar-refractivity contribution is -0.150. The van der Waals surface area contributed by atoms with Gasteiger partial charge in [-0.15, -0.1) is 0 Å². The third-order valence-electron chi connectivity index (χ3n) is 8.49. The van der Waals surface area contributed by atoms with Crippen LogP contribution in [0, 0.1) is 0 Å². The maximum absolute atomic E-state index is 12.6. The summed E-state index contributed by atoms with van der Waals surface area (Å²) in [6, 6.07) is 0. The van der Waals surface area contributed by atoms with Crippen LogP contribution < -0.4 is 0 Å². The molecular formula is C38H72O4. The molecule has 0 heterocycles. The number of ether oxygens (including phenoxy) is 1. The van der Waals surface area contributed by atoms with Gasteiger partial charge in [-0.2, -0.15) is 0 Å². The predicted octanol–water partition coefficient (Wildman–Crippen LogP) is 12.7. The van der Waals surface area contributed by atoms with Crippen LogP contribution in [-0.2, 0) is 14.3 Å². The van der Waals surface area contributed by atoms with E-state index in [0.29, 0.717) is 6.42 Å². The summed E-state index contributed by atoms with van der Waals surface area (Å²) in [5.74, 6) is -0.705. The zero-order valence-corrected chi connectivity index (χ0v) is 28.3. The summed E-state index contributed by atoms with van der Waals surface area (Å²) in [5.41, 5.74) is 0. The van der Waals surface area contributed by atoms with Crippen LogP contribution in [-0.4, -0.2) is 23.1 Å². The smallest absolute Gasteiger partial charge is 0.306 e. The van der Waals surface area contributed by atoms with Crippen LogP contribution in [0.15, 0.2) is 12.2 Å². The average Bonchev–Trinajstić information content (AvgIpc) is 2.97. The molecule has 4 nitrogen and oxygen atoms in total. The number of carboxylic acids is 1. The average molecular weight is 593 g/mol. The Bertz CT molecular complexity index is 600. The van der Waals surface area contributed by atoms with Crippen LogP contribution in [0.25, 0.3) is 0 Å². The topological polar surface area (TPSA) is 63.6 Å². The van der Waals surface area contributed by atoms with E-state index >= 15 is 0 Å². The van der Waals surface area contributed by atoms with E-state index in [0.717, 1.165) is 64.2 Å². The molecule has 0 amide bonds. The minimum absolute atomic E-state index is 0.00526. The van der Waals surface area contributed by atoms with Gasteiger partial charge in [-0.25, -0.2) is 0 Å². The fourth-order valence-corrected chi connectivity index (χ4v) is 5.71. The number of hydrogen-bond donors (Lipinski definition) is 1. The maximum Gasteiger partial charge on any atom is 0.306 e. The first-order valence-electron chi connectivity index (χ1n) is 18.7. The lowest BCUT2D eigenvalue weighted by atomic mass is 10.0. The lowest BCUT2D eigenvalue weighted by Crippen LogP contribution is -2.18. The number of rotatable bonds is 34. The summed E-state index contributed by atoms with van der Waals surface area (Å²) in [4.78, 5) is 23.3. The van der Waals surface area contributed by atoms with Crippen LogP contribution in [0.5, 0.6) is 0 Å². The van der Waals surface area contributed by atoms with E-state index < -0.39 is 5.97 Å². The van der Waals surface area contributed by atoms with Crippen molar-refractivity contribution in [1.82, 2.24) is 0 Å². The zero-order chi connectivity index (χ0) is 30.8. The number of carbonyl (C=O) groups excluding carboxylic acids is 1. The summed E-state index contributed by atoms with van der Waals surface area (Å²) in [6.45, 7) is 4.54. The van der Waals surface area contributed by atoms with Crippen molar-refractivity contribution in [3.8, 4) is 0 Å². The second kappa shape index (κ2) is 34.2. The molecule has 0 aliphatic rings. The molecule has 0 fully saturated rings. The number of unbranched alkanes of at least 4 members (excludes halogenated alkanes) is 23. The molecule has 0 rings (SSSR count). The van der Waals surface area contributed by atoms with Crippen LogP contribution in [0.2, 0.25) is 0 Å². The van der Waals surface area contributed by atoms with Crippen LogP contribution in [0.3, 0.4) is 0 Å². The van der Waals surface area contributed by atoms with E-state index in [2.05, 4.69) is 26.0 Å². The Morgan fingerprint density at radius 2 is 0.857 bits per heavy atom. The van der Waals surface area contributed by atoms with Crippen molar-refractivity contribution in [1.29, 1.82) is 0 Å². The summed E-state index contributed by atoms with van der Waals surface area (Å²) in [7, 11) is 0. The van der Waals surface area contributed by atoms with E-state index in [4.69, 9.17) is 9.84 Å². The van der Waals surface area contributed by atoms with Gasteiger partial charge >= 0.3 is 11.9 Å². The van der Waals surface area contributed by atoms with Gasteiger partial charge in [-0.3, -0.25) is 9.59 Å². The second-order valence-electron chi connectivity index (χ2n) is 12.8. The largest absolute Gasteiger partial charge is 0.481 e. The molecule has 4 heteroatoms. The summed E-state index contributed by atoms with van der Waals surface area (Å²) < 4.78 is 5.97. The van der Waals surface area contributed by atoms with Gasteiger partial charge in [0.1, 0.15) is 6.10 Å². The van der Waals surface area contributed by atoms with Gasteiger partial charge in [0.25, 0.3) is 0 Å². The first-order valence-corrected chi connectivity index (χ1v) is 18.7. The van der Waals surface area contributed by atoms with Crippen LogP contribution in [0.4, 0.5) is 0 Å². The molecule has 0 saturated heterocycles. The molecule has 1 atom stereocenters. The molecule has 248 valence electrons. The fourth-order valence-electron chi connectivity index (χ4n) is 5.71. The fraction of sp³-hybridized carbons (Fsp3) is 0.895. The third kappa shape index (κ3) is 33.2. The Labute approximate surface area is 262 Å². The van der Waals surface area contributed by atoms with E-state index in [-0.39, 0.29) is 18.5 Å². The molecule has 0 aliphatic carbocycles. The molecule has 0 radical (unpaired) electrons. The van der Waals surface area contributed by atoms with Crippen molar-refractivity contribution < 1.29 is 19.4 Å². The van der Waals surface area contributed by atoms with Gasteiger partial charge in [0.05, 0.1) is 0 Å². The molecule has 42 heavy (non-hydrogen) atoms. The molecule has 0 aromatic heterocycles. The number of carboxylic acid groups (broad SMARTS) is 1. The summed E-state index contributed by atoms with van der Waals surface area (Å²) in [5, 5.41) is 8.78. The molecule has 0 aliphatic heterocycles. The molecule has 1 N–H and O–H groups in total. The van der Waals surface area contributed by atoms with E-state index in [9.17, 15) is 9.59 Å². The van der Waals surface area contributed by atoms with Gasteiger partial charge in [0.2, 0.25) is 0 Å². The molecule has 0 aromatic rings. The van der Waals surface area contributed by atoms with Gasteiger partial charge in [-0.1, -0.05) is 148 Å². The van der Waals surface area contributed by atoms with Crippen LogP contribution >= 0.6 is 0 Å². The number of hydrogen-bond acceptors (Lipinski definition) is 3. The quantitative estimate of drug-likeness (QED) is 0.0458. The van der Waals surface area contributed by atoms with Gasteiger partial charge in [-0.05, 0) is 64.2 Å². The van der Waals surface area contributed by atoms with Gasteiger partial charge < -0.3 is 9.84 Å². The van der Waals surface area contributed by atoms with E-state index in [1.807, 2.05) is 0 Å². The second-order valence-corrected chi connectivity index (χ2v) is 12.8. The minimum atomic E-state index is -0.700.